The van der Waals surface area contributed by atoms with Crippen LogP contribution in [0.3, 0.4) is 0 Å². The molecule has 1 amide bonds. The lowest BCUT2D eigenvalue weighted by molar-refractivity contribution is 0.0725. The smallest absolute Gasteiger partial charge is 0.264 e. The van der Waals surface area contributed by atoms with Gasteiger partial charge in [0.25, 0.3) is 15.9 Å². The first-order chi connectivity index (χ1) is 16.6. The topological polar surface area (TPSA) is 101 Å². The van der Waals surface area contributed by atoms with Gasteiger partial charge in [0.15, 0.2) is 9.84 Å². The molecule has 7 nitrogen and oxygen atoms in total. The van der Waals surface area contributed by atoms with Crippen molar-refractivity contribution < 1.29 is 30.4 Å². The van der Waals surface area contributed by atoms with Crippen molar-refractivity contribution in [2.45, 2.75) is 27.9 Å². The van der Waals surface area contributed by atoms with Gasteiger partial charge in [-0.2, -0.15) is 0 Å². The molecule has 1 aliphatic heterocycles. The van der Waals surface area contributed by atoms with E-state index in [0.29, 0.717) is 5.56 Å². The summed E-state index contributed by atoms with van der Waals surface area (Å²) >= 11 is 0. The Bertz CT molecular complexity index is 1430. The summed E-state index contributed by atoms with van der Waals surface area (Å²) in [6, 6.07) is 15.4. The standard InChI is InChI=1S/C24H22F2N2O5S2/c25-18-7-11-20(12-8-18)34(30,31)21-13-15-28(16-14-21)24(29)17-5-9-19(10-6-17)27-35(32,33)23-4-2-1-3-22(23)26/h1-12,21,27H,13-16H2. The number of benzene rings is 3. The third-order valence-corrected chi connectivity index (χ3v) is 9.51. The summed E-state index contributed by atoms with van der Waals surface area (Å²) in [5.74, 6) is -1.71. The lowest BCUT2D eigenvalue weighted by atomic mass is 10.1. The number of hydrogen-bond acceptors (Lipinski definition) is 5. The zero-order chi connectivity index (χ0) is 25.2. The van der Waals surface area contributed by atoms with Crippen molar-refractivity contribution >= 4 is 31.5 Å². The van der Waals surface area contributed by atoms with Crippen molar-refractivity contribution in [1.82, 2.24) is 4.90 Å². The minimum absolute atomic E-state index is 0.0529. The maximum atomic E-state index is 13.9. The maximum absolute atomic E-state index is 13.9. The van der Waals surface area contributed by atoms with Crippen molar-refractivity contribution in [3.8, 4) is 0 Å². The molecule has 0 atom stereocenters. The molecule has 3 aromatic rings. The Morgan fingerprint density at radius 1 is 0.829 bits per heavy atom. The number of carbonyl (C=O) groups is 1. The highest BCUT2D eigenvalue weighted by molar-refractivity contribution is 7.92. The van der Waals surface area contributed by atoms with Gasteiger partial charge in [0.05, 0.1) is 10.1 Å². The number of nitrogens with one attached hydrogen (secondary N) is 1. The Labute approximate surface area is 202 Å². The highest BCUT2D eigenvalue weighted by Gasteiger charge is 2.33. The minimum Gasteiger partial charge on any atom is -0.339 e. The van der Waals surface area contributed by atoms with Crippen LogP contribution in [0, 0.1) is 11.6 Å². The predicted molar refractivity (Wildman–Crippen MR) is 126 cm³/mol. The first-order valence-corrected chi connectivity index (χ1v) is 13.8. The molecule has 1 fully saturated rings. The number of carbonyl (C=O) groups excluding carboxylic acids is 1. The van der Waals surface area contributed by atoms with E-state index in [1.54, 1.807) is 0 Å². The van der Waals surface area contributed by atoms with Crippen molar-refractivity contribution in [2.75, 3.05) is 17.8 Å². The van der Waals surface area contributed by atoms with Crippen LogP contribution in [0.1, 0.15) is 23.2 Å². The van der Waals surface area contributed by atoms with Gasteiger partial charge in [-0.1, -0.05) is 12.1 Å². The number of sulfone groups is 1. The second-order valence-corrected chi connectivity index (χ2v) is 12.0. The van der Waals surface area contributed by atoms with E-state index in [0.717, 1.165) is 24.3 Å². The van der Waals surface area contributed by atoms with Crippen LogP contribution in [0.25, 0.3) is 0 Å². The van der Waals surface area contributed by atoms with Crippen LogP contribution in [-0.2, 0) is 19.9 Å². The SMILES string of the molecule is O=C(c1ccc(NS(=O)(=O)c2ccccc2F)cc1)N1CCC(S(=O)(=O)c2ccc(F)cc2)CC1. The molecule has 184 valence electrons. The third kappa shape index (κ3) is 5.35. The Balaban J connectivity index is 1.39. The molecule has 0 radical (unpaired) electrons. The van der Waals surface area contributed by atoms with Gasteiger partial charge in [-0.05, 0) is 73.5 Å². The van der Waals surface area contributed by atoms with Crippen LogP contribution in [0.5, 0.6) is 0 Å². The second-order valence-electron chi connectivity index (χ2n) is 8.10. The predicted octanol–water partition coefficient (Wildman–Crippen LogP) is 3.84. The van der Waals surface area contributed by atoms with Gasteiger partial charge in [-0.3, -0.25) is 9.52 Å². The minimum atomic E-state index is -4.14. The van der Waals surface area contributed by atoms with Crippen LogP contribution >= 0.6 is 0 Å². The Kier molecular flexibility index (Phi) is 6.91. The van der Waals surface area contributed by atoms with Gasteiger partial charge in [0.1, 0.15) is 16.5 Å². The van der Waals surface area contributed by atoms with Gasteiger partial charge in [0, 0.05) is 24.3 Å². The Hall–Kier alpha value is -3.31. The van der Waals surface area contributed by atoms with Crippen LogP contribution in [0.15, 0.2) is 82.6 Å². The summed E-state index contributed by atoms with van der Waals surface area (Å²) in [6.07, 6.45) is 0.484. The number of halogens is 2. The van der Waals surface area contributed by atoms with E-state index in [1.165, 1.54) is 53.4 Å². The zero-order valence-electron chi connectivity index (χ0n) is 18.4. The lowest BCUT2D eigenvalue weighted by Gasteiger charge is -2.31. The first-order valence-electron chi connectivity index (χ1n) is 10.7. The fourth-order valence-electron chi connectivity index (χ4n) is 3.92. The van der Waals surface area contributed by atoms with Crippen LogP contribution in [0.4, 0.5) is 14.5 Å². The fourth-order valence-corrected chi connectivity index (χ4v) is 6.79. The molecule has 1 saturated heterocycles. The summed E-state index contributed by atoms with van der Waals surface area (Å²) in [7, 11) is -7.78. The van der Waals surface area contributed by atoms with Gasteiger partial charge in [0.2, 0.25) is 0 Å². The number of amides is 1. The molecule has 0 aliphatic carbocycles. The van der Waals surface area contributed by atoms with E-state index in [4.69, 9.17) is 0 Å². The molecular formula is C24H22F2N2O5S2. The number of piperidine rings is 1. The molecular weight excluding hydrogens is 498 g/mol. The Morgan fingerprint density at radius 2 is 1.43 bits per heavy atom. The third-order valence-electron chi connectivity index (χ3n) is 5.82. The highest BCUT2D eigenvalue weighted by Crippen LogP contribution is 2.26. The van der Waals surface area contributed by atoms with E-state index in [2.05, 4.69) is 4.72 Å². The van der Waals surface area contributed by atoms with Crippen LogP contribution in [-0.4, -0.2) is 46.0 Å². The summed E-state index contributed by atoms with van der Waals surface area (Å²) in [6.45, 7) is 0.456. The number of nitrogens with zero attached hydrogens (tertiary/aromatic N) is 1. The molecule has 0 unspecified atom stereocenters. The molecule has 0 spiro atoms. The summed E-state index contributed by atoms with van der Waals surface area (Å²) in [5.41, 5.74) is 0.465. The normalized spacial score (nSPS) is 15.1. The van der Waals surface area contributed by atoms with E-state index in [1.807, 2.05) is 0 Å². The highest BCUT2D eigenvalue weighted by atomic mass is 32.2. The van der Waals surface area contributed by atoms with E-state index in [-0.39, 0.29) is 42.4 Å². The number of likely N-dealkylation sites (tertiary alicyclic amines) is 1. The summed E-state index contributed by atoms with van der Waals surface area (Å²) in [4.78, 5) is 14.0. The zero-order valence-corrected chi connectivity index (χ0v) is 20.0. The summed E-state index contributed by atoms with van der Waals surface area (Å²) in [5, 5.41) is -0.674. The molecule has 1 aliphatic rings. The van der Waals surface area contributed by atoms with Crippen LogP contribution in [0.2, 0.25) is 0 Å². The number of anilines is 1. The van der Waals surface area contributed by atoms with Gasteiger partial charge in [-0.15, -0.1) is 0 Å². The molecule has 1 heterocycles. The molecule has 1 N–H and O–H groups in total. The molecule has 3 aromatic carbocycles. The largest absolute Gasteiger partial charge is 0.339 e. The lowest BCUT2D eigenvalue weighted by Crippen LogP contribution is -2.42. The first kappa shape index (κ1) is 24.8. The second kappa shape index (κ2) is 9.74. The van der Waals surface area contributed by atoms with Crippen molar-refractivity contribution in [1.29, 1.82) is 0 Å². The van der Waals surface area contributed by atoms with Crippen molar-refractivity contribution in [2.24, 2.45) is 0 Å². The average molecular weight is 521 g/mol. The van der Waals surface area contributed by atoms with Gasteiger partial charge >= 0.3 is 0 Å². The van der Waals surface area contributed by atoms with Gasteiger partial charge < -0.3 is 4.90 Å². The molecule has 0 aromatic heterocycles. The number of sulfonamides is 1. The fraction of sp³-hybridized carbons (Fsp3) is 0.208. The molecule has 11 heteroatoms. The molecule has 0 bridgehead atoms. The molecule has 35 heavy (non-hydrogen) atoms. The number of rotatable bonds is 6. The van der Waals surface area contributed by atoms with E-state index < -0.39 is 41.6 Å². The van der Waals surface area contributed by atoms with Crippen molar-refractivity contribution in [3.63, 3.8) is 0 Å². The molecule has 4 rings (SSSR count). The molecule has 0 saturated carbocycles. The quantitative estimate of drug-likeness (QED) is 0.498. The van der Waals surface area contributed by atoms with E-state index in [9.17, 15) is 30.4 Å². The van der Waals surface area contributed by atoms with Crippen LogP contribution < -0.4 is 4.72 Å². The average Bonchev–Trinajstić information content (AvgIpc) is 2.84. The monoisotopic (exact) mass is 520 g/mol. The van der Waals surface area contributed by atoms with Gasteiger partial charge in [-0.25, -0.2) is 25.6 Å². The Morgan fingerprint density at radius 3 is 2.03 bits per heavy atom. The van der Waals surface area contributed by atoms with E-state index >= 15 is 0 Å². The summed E-state index contributed by atoms with van der Waals surface area (Å²) < 4.78 is 79.7. The maximum Gasteiger partial charge on any atom is 0.264 e. The number of hydrogen-bond donors (Lipinski definition) is 1. The van der Waals surface area contributed by atoms with Crippen molar-refractivity contribution in [3.05, 3.63) is 90.0 Å².